The maximum Gasteiger partial charge on any atom is 0.320 e. The number of ether oxygens (including phenoxy) is 1. The average molecular weight is 545 g/mol. The standard InChI is InChI=1S/C30H33FN6O3/c1-20-28(22-13-14-35(2)27(38)17-22)34-37(24-7-5-4-6-8-24)29(20)33-30(39)32-26-19-36(15-16-40-3)18-25(26)21-9-11-23(31)12-10-21/h4-14,17,25-26H,15-16,18-19H2,1-3H3,(H2,32,33,39). The van der Waals surface area contributed by atoms with E-state index in [1.807, 2.05) is 43.3 Å². The van der Waals surface area contributed by atoms with E-state index in [0.29, 0.717) is 36.8 Å². The molecule has 0 aliphatic carbocycles. The number of halogens is 1. The highest BCUT2D eigenvalue weighted by molar-refractivity contribution is 5.91. The normalized spacial score (nSPS) is 17.2. The number of benzene rings is 2. The molecule has 0 saturated carbocycles. The van der Waals surface area contributed by atoms with Crippen molar-refractivity contribution in [3.05, 3.63) is 100 Å². The molecule has 5 rings (SSSR count). The molecule has 2 amide bonds. The van der Waals surface area contributed by atoms with Crippen LogP contribution in [0.1, 0.15) is 17.0 Å². The third-order valence-corrected chi connectivity index (χ3v) is 7.35. The molecule has 2 aromatic heterocycles. The number of anilines is 1. The van der Waals surface area contributed by atoms with Crippen molar-refractivity contribution in [2.24, 2.45) is 7.05 Å². The van der Waals surface area contributed by atoms with Crippen LogP contribution >= 0.6 is 0 Å². The van der Waals surface area contributed by atoms with Crippen LogP contribution in [0.4, 0.5) is 15.0 Å². The molecule has 40 heavy (non-hydrogen) atoms. The van der Waals surface area contributed by atoms with Gasteiger partial charge in [-0.3, -0.25) is 15.0 Å². The van der Waals surface area contributed by atoms with Gasteiger partial charge in [0.25, 0.3) is 5.56 Å². The monoisotopic (exact) mass is 544 g/mol. The van der Waals surface area contributed by atoms with Crippen LogP contribution in [-0.4, -0.2) is 64.7 Å². The number of urea groups is 1. The van der Waals surface area contributed by atoms with Crippen LogP contribution < -0.4 is 16.2 Å². The molecule has 2 unspecified atom stereocenters. The summed E-state index contributed by atoms with van der Waals surface area (Å²) in [4.78, 5) is 28.0. The molecule has 9 nitrogen and oxygen atoms in total. The Morgan fingerprint density at radius 1 is 1.10 bits per heavy atom. The number of para-hydroxylation sites is 1. The molecule has 1 fully saturated rings. The first-order chi connectivity index (χ1) is 19.3. The fourth-order valence-corrected chi connectivity index (χ4v) is 5.16. The largest absolute Gasteiger partial charge is 0.383 e. The summed E-state index contributed by atoms with van der Waals surface area (Å²) in [6, 6.07) is 18.7. The number of aromatic nitrogens is 3. The smallest absolute Gasteiger partial charge is 0.320 e. The second-order valence-corrected chi connectivity index (χ2v) is 10.0. The Hall–Kier alpha value is -4.28. The van der Waals surface area contributed by atoms with E-state index in [4.69, 9.17) is 9.84 Å². The van der Waals surface area contributed by atoms with Crippen LogP contribution in [0.3, 0.4) is 0 Å². The number of carbonyl (C=O) groups is 1. The van der Waals surface area contributed by atoms with Crippen molar-refractivity contribution in [2.45, 2.75) is 18.9 Å². The number of nitrogens with one attached hydrogen (secondary N) is 2. The van der Waals surface area contributed by atoms with Gasteiger partial charge >= 0.3 is 6.03 Å². The lowest BCUT2D eigenvalue weighted by Crippen LogP contribution is -2.42. The van der Waals surface area contributed by atoms with E-state index in [1.165, 1.54) is 22.8 Å². The molecule has 208 valence electrons. The molecule has 0 bridgehead atoms. The molecule has 4 aromatic rings. The summed E-state index contributed by atoms with van der Waals surface area (Å²) in [5, 5.41) is 11.0. The fourth-order valence-electron chi connectivity index (χ4n) is 5.16. The summed E-state index contributed by atoms with van der Waals surface area (Å²) in [5.41, 5.74) is 3.59. The van der Waals surface area contributed by atoms with Crippen molar-refractivity contribution in [2.75, 3.05) is 38.7 Å². The van der Waals surface area contributed by atoms with Crippen molar-refractivity contribution < 1.29 is 13.9 Å². The molecule has 3 heterocycles. The minimum atomic E-state index is -0.374. The zero-order valence-corrected chi connectivity index (χ0v) is 22.8. The number of rotatable bonds is 8. The fraction of sp³-hybridized carbons (Fsp3) is 0.300. The Kier molecular flexibility index (Phi) is 8.09. The Balaban J connectivity index is 1.43. The van der Waals surface area contributed by atoms with E-state index in [0.717, 1.165) is 23.4 Å². The van der Waals surface area contributed by atoms with E-state index in [1.54, 1.807) is 37.2 Å². The van der Waals surface area contributed by atoms with Crippen LogP contribution in [0, 0.1) is 12.7 Å². The molecular formula is C30H33FN6O3. The van der Waals surface area contributed by atoms with Gasteiger partial charge in [-0.15, -0.1) is 0 Å². The van der Waals surface area contributed by atoms with Gasteiger partial charge in [0, 0.05) is 63.1 Å². The van der Waals surface area contributed by atoms with Crippen LogP contribution in [-0.2, 0) is 11.8 Å². The number of carbonyl (C=O) groups excluding carboxylic acids is 1. The molecule has 2 atom stereocenters. The van der Waals surface area contributed by atoms with Crippen LogP contribution in [0.15, 0.2) is 77.7 Å². The van der Waals surface area contributed by atoms with Gasteiger partial charge in [-0.2, -0.15) is 5.10 Å². The minimum Gasteiger partial charge on any atom is -0.383 e. The summed E-state index contributed by atoms with van der Waals surface area (Å²) in [5.74, 6) is 0.198. The van der Waals surface area contributed by atoms with Crippen LogP contribution in [0.25, 0.3) is 16.9 Å². The lowest BCUT2D eigenvalue weighted by atomic mass is 9.94. The van der Waals surface area contributed by atoms with Crippen molar-refractivity contribution in [1.82, 2.24) is 24.6 Å². The Morgan fingerprint density at radius 2 is 1.85 bits per heavy atom. The summed E-state index contributed by atoms with van der Waals surface area (Å²) in [7, 11) is 3.36. The van der Waals surface area contributed by atoms with Crippen molar-refractivity contribution in [1.29, 1.82) is 0 Å². The number of hydrogen-bond acceptors (Lipinski definition) is 5. The highest BCUT2D eigenvalue weighted by Crippen LogP contribution is 2.31. The summed E-state index contributed by atoms with van der Waals surface area (Å²) in [6.45, 7) is 4.53. The summed E-state index contributed by atoms with van der Waals surface area (Å²) >= 11 is 0. The van der Waals surface area contributed by atoms with Gasteiger partial charge in [0.05, 0.1) is 24.0 Å². The number of pyridine rings is 1. The van der Waals surface area contributed by atoms with Gasteiger partial charge in [-0.25, -0.2) is 13.9 Å². The third kappa shape index (κ3) is 5.83. The maximum atomic E-state index is 13.6. The molecule has 1 aliphatic heterocycles. The van der Waals surface area contributed by atoms with Crippen LogP contribution in [0.5, 0.6) is 0 Å². The van der Waals surface area contributed by atoms with Gasteiger partial charge in [0.15, 0.2) is 0 Å². The Morgan fingerprint density at radius 3 is 2.55 bits per heavy atom. The van der Waals surface area contributed by atoms with Crippen LogP contribution in [0.2, 0.25) is 0 Å². The van der Waals surface area contributed by atoms with Crippen molar-refractivity contribution in [3.63, 3.8) is 0 Å². The molecule has 1 saturated heterocycles. The minimum absolute atomic E-state index is 0.0144. The SMILES string of the molecule is COCCN1CC(NC(=O)Nc2c(C)c(-c3ccn(C)c(=O)c3)nn2-c2ccccc2)C(c2ccc(F)cc2)C1. The van der Waals surface area contributed by atoms with E-state index in [2.05, 4.69) is 15.5 Å². The number of hydrogen-bond donors (Lipinski definition) is 2. The molecule has 1 aliphatic rings. The van der Waals surface area contributed by atoms with Gasteiger partial charge in [0.1, 0.15) is 11.6 Å². The molecular weight excluding hydrogens is 511 g/mol. The first kappa shape index (κ1) is 27.3. The van der Waals surface area contributed by atoms with Gasteiger partial charge in [-0.1, -0.05) is 30.3 Å². The predicted octanol–water partition coefficient (Wildman–Crippen LogP) is 3.92. The number of likely N-dealkylation sites (tertiary alicyclic amines) is 1. The number of methoxy groups -OCH3 is 1. The maximum absolute atomic E-state index is 13.6. The molecule has 0 spiro atoms. The van der Waals surface area contributed by atoms with E-state index < -0.39 is 0 Å². The van der Waals surface area contributed by atoms with E-state index in [-0.39, 0.29) is 29.4 Å². The quantitative estimate of drug-likeness (QED) is 0.351. The topological polar surface area (TPSA) is 93.4 Å². The lowest BCUT2D eigenvalue weighted by molar-refractivity contribution is 0.159. The zero-order chi connectivity index (χ0) is 28.2. The predicted molar refractivity (Wildman–Crippen MR) is 152 cm³/mol. The summed E-state index contributed by atoms with van der Waals surface area (Å²) < 4.78 is 22.0. The number of nitrogens with zero attached hydrogens (tertiary/aromatic N) is 4. The van der Waals surface area contributed by atoms with Crippen molar-refractivity contribution in [3.8, 4) is 16.9 Å². The number of amides is 2. The highest BCUT2D eigenvalue weighted by Gasteiger charge is 2.35. The Bertz CT molecular complexity index is 1530. The zero-order valence-electron chi connectivity index (χ0n) is 22.8. The molecule has 2 aromatic carbocycles. The Labute approximate surface area is 232 Å². The average Bonchev–Trinajstić information content (AvgIpc) is 3.50. The number of aryl methyl sites for hydroxylation is 1. The van der Waals surface area contributed by atoms with E-state index >= 15 is 0 Å². The van der Waals surface area contributed by atoms with Crippen molar-refractivity contribution >= 4 is 11.8 Å². The first-order valence-electron chi connectivity index (χ1n) is 13.2. The second-order valence-electron chi connectivity index (χ2n) is 10.0. The first-order valence-corrected chi connectivity index (χ1v) is 13.2. The van der Waals surface area contributed by atoms with E-state index in [9.17, 15) is 14.0 Å². The lowest BCUT2D eigenvalue weighted by Gasteiger charge is -2.21. The van der Waals surface area contributed by atoms with Gasteiger partial charge in [0.2, 0.25) is 0 Å². The third-order valence-electron chi connectivity index (χ3n) is 7.35. The second kappa shape index (κ2) is 11.8. The molecule has 10 heteroatoms. The highest BCUT2D eigenvalue weighted by atomic mass is 19.1. The molecule has 2 N–H and O–H groups in total. The molecule has 0 radical (unpaired) electrons. The van der Waals surface area contributed by atoms with Gasteiger partial charge < -0.3 is 14.6 Å². The summed E-state index contributed by atoms with van der Waals surface area (Å²) in [6.07, 6.45) is 1.70. The van der Waals surface area contributed by atoms with Gasteiger partial charge in [-0.05, 0) is 42.8 Å².